The molecule has 0 saturated carbocycles. The van der Waals surface area contributed by atoms with E-state index in [1.54, 1.807) is 12.4 Å². The first kappa shape index (κ1) is 10.2. The molecule has 0 radical (unpaired) electrons. The zero-order valence-electron chi connectivity index (χ0n) is 8.50. The van der Waals surface area contributed by atoms with E-state index in [1.807, 2.05) is 11.0 Å². The van der Waals surface area contributed by atoms with Gasteiger partial charge in [-0.1, -0.05) is 0 Å². The van der Waals surface area contributed by atoms with Gasteiger partial charge in [-0.2, -0.15) is 0 Å². The summed E-state index contributed by atoms with van der Waals surface area (Å²) in [7, 11) is 0. The Kier molecular flexibility index (Phi) is 2.75. The van der Waals surface area contributed by atoms with Crippen molar-refractivity contribution in [3.63, 3.8) is 0 Å². The summed E-state index contributed by atoms with van der Waals surface area (Å²) in [5, 5.41) is 9.68. The maximum Gasteiger partial charge on any atom is 0.0866 e. The van der Waals surface area contributed by atoms with Crippen LogP contribution in [0.25, 0.3) is 0 Å². The smallest absolute Gasteiger partial charge is 0.0866 e. The van der Waals surface area contributed by atoms with Crippen LogP contribution in [0.15, 0.2) is 18.5 Å². The van der Waals surface area contributed by atoms with Crippen LogP contribution in [0, 0.1) is 0 Å². The van der Waals surface area contributed by atoms with Gasteiger partial charge in [0.1, 0.15) is 0 Å². The molecule has 0 amide bonds. The van der Waals surface area contributed by atoms with Gasteiger partial charge >= 0.3 is 0 Å². The summed E-state index contributed by atoms with van der Waals surface area (Å²) >= 11 is 0. The predicted octanol–water partition coefficient (Wildman–Crippen LogP) is -0.438. The fourth-order valence-corrected chi connectivity index (χ4v) is 1.86. The van der Waals surface area contributed by atoms with E-state index in [4.69, 9.17) is 11.5 Å². The molecule has 2 unspecified atom stereocenters. The Morgan fingerprint density at radius 1 is 1.53 bits per heavy atom. The van der Waals surface area contributed by atoms with E-state index in [0.29, 0.717) is 12.2 Å². The fourth-order valence-electron chi connectivity index (χ4n) is 1.86. The van der Waals surface area contributed by atoms with Gasteiger partial charge in [0.25, 0.3) is 0 Å². The highest BCUT2D eigenvalue weighted by atomic mass is 16.3. The van der Waals surface area contributed by atoms with E-state index in [9.17, 15) is 5.11 Å². The summed E-state index contributed by atoms with van der Waals surface area (Å²) in [4.78, 5) is 5.98. The number of aromatic nitrogens is 1. The van der Waals surface area contributed by atoms with E-state index >= 15 is 0 Å². The fraction of sp³-hybridized carbons (Fsp3) is 0.500. The molecule has 1 aromatic heterocycles. The van der Waals surface area contributed by atoms with Crippen LogP contribution in [0.5, 0.6) is 0 Å². The van der Waals surface area contributed by atoms with Gasteiger partial charge < -0.3 is 21.5 Å². The molecule has 5 heteroatoms. The Balaban J connectivity index is 2.15. The molecule has 2 rings (SSSR count). The number of nitrogens with zero attached hydrogens (tertiary/aromatic N) is 2. The largest absolute Gasteiger partial charge is 0.396 e. The minimum absolute atomic E-state index is 0.121. The minimum atomic E-state index is -0.480. The van der Waals surface area contributed by atoms with E-state index in [1.165, 1.54) is 0 Å². The highest BCUT2D eigenvalue weighted by Gasteiger charge is 2.25. The monoisotopic (exact) mass is 208 g/mol. The SMILES string of the molecule is Nc1cnccc1N1CCC(N)C(O)C1. The lowest BCUT2D eigenvalue weighted by Gasteiger charge is -2.36. The number of piperidine rings is 1. The molecule has 1 saturated heterocycles. The summed E-state index contributed by atoms with van der Waals surface area (Å²) in [6, 6.07) is 1.74. The minimum Gasteiger partial charge on any atom is -0.396 e. The van der Waals surface area contributed by atoms with Gasteiger partial charge in [0, 0.05) is 25.3 Å². The van der Waals surface area contributed by atoms with Gasteiger partial charge in [-0.25, -0.2) is 0 Å². The van der Waals surface area contributed by atoms with Crippen LogP contribution in [0.1, 0.15) is 6.42 Å². The number of hydrogen-bond donors (Lipinski definition) is 3. The van der Waals surface area contributed by atoms with Crippen LogP contribution >= 0.6 is 0 Å². The Morgan fingerprint density at radius 3 is 3.00 bits per heavy atom. The zero-order chi connectivity index (χ0) is 10.8. The summed E-state index contributed by atoms with van der Waals surface area (Å²) < 4.78 is 0. The molecule has 1 fully saturated rings. The second kappa shape index (κ2) is 4.04. The molecule has 82 valence electrons. The van der Waals surface area contributed by atoms with Crippen LogP contribution in [0.3, 0.4) is 0 Å². The van der Waals surface area contributed by atoms with Crippen molar-refractivity contribution < 1.29 is 5.11 Å². The number of aliphatic hydroxyl groups is 1. The molecule has 2 atom stereocenters. The summed E-state index contributed by atoms with van der Waals surface area (Å²) in [5.74, 6) is 0. The molecular weight excluding hydrogens is 192 g/mol. The summed E-state index contributed by atoms with van der Waals surface area (Å²) in [6.07, 6.45) is 3.62. The molecule has 5 nitrogen and oxygen atoms in total. The van der Waals surface area contributed by atoms with Gasteiger partial charge in [0.05, 0.1) is 23.7 Å². The molecule has 1 aliphatic heterocycles. The highest BCUT2D eigenvalue weighted by molar-refractivity contribution is 5.66. The zero-order valence-corrected chi connectivity index (χ0v) is 8.50. The van der Waals surface area contributed by atoms with Gasteiger partial charge in [-0.15, -0.1) is 0 Å². The average molecular weight is 208 g/mol. The molecule has 1 aliphatic rings. The molecular formula is C10H16N4O. The van der Waals surface area contributed by atoms with Crippen molar-refractivity contribution in [3.05, 3.63) is 18.5 Å². The average Bonchev–Trinajstić information content (AvgIpc) is 2.23. The number of nitrogens with two attached hydrogens (primary N) is 2. The van der Waals surface area contributed by atoms with Gasteiger partial charge in [0.2, 0.25) is 0 Å². The van der Waals surface area contributed by atoms with Gasteiger partial charge in [-0.05, 0) is 12.5 Å². The number of rotatable bonds is 1. The molecule has 2 heterocycles. The third kappa shape index (κ3) is 2.03. The molecule has 5 N–H and O–H groups in total. The first-order chi connectivity index (χ1) is 7.18. The van der Waals surface area contributed by atoms with Crippen molar-refractivity contribution in [3.8, 4) is 0 Å². The second-order valence-electron chi connectivity index (χ2n) is 3.90. The van der Waals surface area contributed by atoms with Crippen LogP contribution < -0.4 is 16.4 Å². The lowest BCUT2D eigenvalue weighted by atomic mass is 10.0. The third-order valence-corrected chi connectivity index (χ3v) is 2.80. The van der Waals surface area contributed by atoms with E-state index < -0.39 is 6.10 Å². The molecule has 0 spiro atoms. The van der Waals surface area contributed by atoms with Crippen LogP contribution in [-0.2, 0) is 0 Å². The number of anilines is 2. The normalized spacial score (nSPS) is 26.7. The molecule has 1 aromatic rings. The Labute approximate surface area is 88.7 Å². The van der Waals surface area contributed by atoms with Crippen LogP contribution in [0.2, 0.25) is 0 Å². The number of hydrogen-bond acceptors (Lipinski definition) is 5. The number of β-amino-alcohol motifs (C(OH)–C–C–N with tert-alkyl or cyclic N) is 1. The lowest BCUT2D eigenvalue weighted by molar-refractivity contribution is 0.132. The number of nitrogen functional groups attached to an aromatic ring is 1. The maximum absolute atomic E-state index is 9.68. The number of pyridine rings is 1. The molecule has 15 heavy (non-hydrogen) atoms. The van der Waals surface area contributed by atoms with Crippen LogP contribution in [-0.4, -0.2) is 35.3 Å². The van der Waals surface area contributed by atoms with Crippen molar-refractivity contribution in [2.45, 2.75) is 18.6 Å². The summed E-state index contributed by atoms with van der Waals surface area (Å²) in [6.45, 7) is 1.36. The van der Waals surface area contributed by atoms with Gasteiger partial charge in [-0.3, -0.25) is 4.98 Å². The first-order valence-electron chi connectivity index (χ1n) is 5.06. The second-order valence-corrected chi connectivity index (χ2v) is 3.90. The quantitative estimate of drug-likeness (QED) is 0.582. The van der Waals surface area contributed by atoms with Crippen LogP contribution in [0.4, 0.5) is 11.4 Å². The van der Waals surface area contributed by atoms with E-state index in [-0.39, 0.29) is 6.04 Å². The number of aliphatic hydroxyl groups excluding tert-OH is 1. The Hall–Kier alpha value is -1.33. The molecule has 0 aliphatic carbocycles. The lowest BCUT2D eigenvalue weighted by Crippen LogP contribution is -2.50. The topological polar surface area (TPSA) is 88.4 Å². The predicted molar refractivity (Wildman–Crippen MR) is 59.5 cm³/mol. The van der Waals surface area contributed by atoms with Crippen molar-refractivity contribution in [1.82, 2.24) is 4.98 Å². The van der Waals surface area contributed by atoms with E-state index in [2.05, 4.69) is 4.98 Å². The molecule has 0 bridgehead atoms. The Morgan fingerprint density at radius 2 is 2.33 bits per heavy atom. The summed E-state index contributed by atoms with van der Waals surface area (Å²) in [5.41, 5.74) is 13.1. The standard InChI is InChI=1S/C10H16N4O/c11-7-2-4-14(6-10(7)15)9-1-3-13-5-8(9)12/h1,3,5,7,10,15H,2,4,6,11-12H2. The van der Waals surface area contributed by atoms with E-state index in [0.717, 1.165) is 18.7 Å². The molecule has 0 aromatic carbocycles. The third-order valence-electron chi connectivity index (χ3n) is 2.80. The highest BCUT2D eigenvalue weighted by Crippen LogP contribution is 2.24. The van der Waals surface area contributed by atoms with Gasteiger partial charge in [0.15, 0.2) is 0 Å². The van der Waals surface area contributed by atoms with Crippen molar-refractivity contribution >= 4 is 11.4 Å². The van der Waals surface area contributed by atoms with Crippen molar-refractivity contribution in [2.75, 3.05) is 23.7 Å². The first-order valence-corrected chi connectivity index (χ1v) is 5.06. The van der Waals surface area contributed by atoms with Crippen molar-refractivity contribution in [1.29, 1.82) is 0 Å². The van der Waals surface area contributed by atoms with Crippen molar-refractivity contribution in [2.24, 2.45) is 5.73 Å². The Bertz CT molecular complexity index is 344. The maximum atomic E-state index is 9.68.